The van der Waals surface area contributed by atoms with Crippen LogP contribution in [-0.4, -0.2) is 209 Å². The fourth-order valence-corrected chi connectivity index (χ4v) is 16.3. The molecule has 0 aliphatic rings. The van der Waals surface area contributed by atoms with Crippen LogP contribution in [-0.2, 0) is 0 Å². The van der Waals surface area contributed by atoms with Gasteiger partial charge in [-0.25, -0.2) is 0 Å². The van der Waals surface area contributed by atoms with Crippen molar-refractivity contribution in [1.29, 1.82) is 0 Å². The number of aryl methyl sites for hydroxylation is 6. The van der Waals surface area contributed by atoms with E-state index in [2.05, 4.69) is 261 Å². The summed E-state index contributed by atoms with van der Waals surface area (Å²) in [7, 11) is 117. The maximum absolute atomic E-state index is 8.19. The van der Waals surface area contributed by atoms with Crippen molar-refractivity contribution in [2.24, 2.45) is 0 Å². The highest BCUT2D eigenvalue weighted by Gasteiger charge is 2.43. The monoisotopic (exact) mass is 1480 g/mol. The average molecular weight is 1470 g/mol. The van der Waals surface area contributed by atoms with Crippen LogP contribution in [0.3, 0.4) is 0 Å². The maximum atomic E-state index is 8.19. The summed E-state index contributed by atoms with van der Waals surface area (Å²) in [6.45, 7) is 20.3. The Morgan fingerprint density at radius 3 is 1.11 bits per heavy atom. The van der Waals surface area contributed by atoms with Crippen molar-refractivity contribution in [3.05, 3.63) is 100 Å². The molecule has 0 aliphatic heterocycles. The third-order valence-electron chi connectivity index (χ3n) is 21.8. The van der Waals surface area contributed by atoms with Gasteiger partial charge in [0.05, 0.1) is 66.5 Å². The van der Waals surface area contributed by atoms with E-state index in [4.69, 9.17) is 156 Å². The molecule has 8 aromatic carbocycles. The normalized spacial score (nSPS) is 9.11. The number of fused-ring (bicyclic) bond motifs is 6. The molecule has 0 nitrogen and oxygen atoms in total. The Kier molecular flexibility index (Phi) is 33.4. The third-order valence-corrected chi connectivity index (χ3v) is 21.8. The zero-order valence-electron chi connectivity index (χ0n) is 70.1. The van der Waals surface area contributed by atoms with Crippen molar-refractivity contribution in [1.82, 2.24) is 0 Å². The van der Waals surface area contributed by atoms with E-state index in [1.807, 2.05) is 27.7 Å². The number of rotatable bonds is 15. The minimum absolute atomic E-state index is 0.0340. The second kappa shape index (κ2) is 42.8. The Labute approximate surface area is 753 Å². The first-order valence-corrected chi connectivity index (χ1v) is 37.8. The van der Waals surface area contributed by atoms with Crippen molar-refractivity contribution >= 4 is 296 Å². The lowest BCUT2D eigenvalue weighted by Gasteiger charge is -2.42. The summed E-state index contributed by atoms with van der Waals surface area (Å²) in [6, 6.07) is 0. The van der Waals surface area contributed by atoms with Gasteiger partial charge in [0.15, 0.2) is 0 Å². The average Bonchev–Trinajstić information content (AvgIpc) is 0.689. The van der Waals surface area contributed by atoms with Gasteiger partial charge < -0.3 is 0 Å². The van der Waals surface area contributed by atoms with Crippen LogP contribution >= 0.6 is 0 Å². The van der Waals surface area contributed by atoms with Crippen LogP contribution in [0.15, 0.2) is 0 Å². The minimum Gasteiger partial charge on any atom is -0.115 e. The zero-order chi connectivity index (χ0) is 90.0. The molecule has 0 bridgehead atoms. The van der Waals surface area contributed by atoms with Gasteiger partial charge in [0.1, 0.15) is 7.85 Å². The standard InChI is InChI=1S/C93H44B29/c1-19-27-33-37-39-40-43-48-55-73-75-63(16)66(26-8)67(49-25-7)70(50-32-24-6)82(75)83-71(53-44-31-23-5)68(51-45-36-30-22-4)69(52-46-41-35-29-21-3)72(54-47-42-38-34-28-20-2)84(83)85(73)77-61(14)58(11)62(15)78-79(77)64(17)74-59(12)56(9)57(10)60(13)76(74)86(78)80-65(18)81-87(88(94)89(80)110-95)91(116(121(107)108)122(109)112-97)93(115(119(103)104)120(105)106)92(114(111-96)118(101)102)90(81)113(98)117(99)100/h1-2,4,6,8H,3,5,7,9-18H3. The number of terminal acetylenes is 5. The van der Waals surface area contributed by atoms with Crippen molar-refractivity contribution in [2.45, 2.75) is 90.0 Å². The van der Waals surface area contributed by atoms with E-state index in [9.17, 15) is 0 Å². The fraction of sp³-hybridized carbons (Fsp3) is 0.140. The van der Waals surface area contributed by atoms with Gasteiger partial charge in [-0.15, -0.1) is 49.0 Å². The first-order valence-electron chi connectivity index (χ1n) is 37.8. The Hall–Kier alpha value is -12.3. The van der Waals surface area contributed by atoms with Gasteiger partial charge in [0.2, 0.25) is 0 Å². The summed E-state index contributed by atoms with van der Waals surface area (Å²) in [5.74, 6) is 108. The maximum Gasteiger partial charge on any atom is 0.113 e. The van der Waals surface area contributed by atoms with E-state index in [1.54, 1.807) is 20.8 Å². The molecule has 8 rings (SSSR count). The molecule has 0 fully saturated rings. The molecule has 29 heteroatoms. The van der Waals surface area contributed by atoms with E-state index in [0.717, 1.165) is 55.3 Å². The molecule has 35 radical (unpaired) electrons. The van der Waals surface area contributed by atoms with Gasteiger partial charge in [0, 0.05) is 207 Å². The largest absolute Gasteiger partial charge is 0.115 e. The number of benzene rings is 8. The fourth-order valence-electron chi connectivity index (χ4n) is 16.3. The van der Waals surface area contributed by atoms with E-state index < -0.39 is 64.3 Å². The van der Waals surface area contributed by atoms with Gasteiger partial charge >= 0.3 is 0 Å². The lowest BCUT2D eigenvalue weighted by molar-refractivity contribution is 1.24. The summed E-state index contributed by atoms with van der Waals surface area (Å²) in [4.78, 5) is 0. The first-order chi connectivity index (χ1) is 58.4. The molecule has 0 saturated carbocycles. The third kappa shape index (κ3) is 18.3. The predicted molar refractivity (Wildman–Crippen MR) is 555 cm³/mol. The molecule has 0 heterocycles. The van der Waals surface area contributed by atoms with Crippen LogP contribution in [0, 0.1) is 320 Å². The van der Waals surface area contributed by atoms with Crippen molar-refractivity contribution in [3.8, 4) is 273 Å². The molecule has 122 heavy (non-hydrogen) atoms. The lowest BCUT2D eigenvalue weighted by Crippen LogP contribution is -2.80. The van der Waals surface area contributed by atoms with Crippen LogP contribution in [0.5, 0.6) is 0 Å². The van der Waals surface area contributed by atoms with Gasteiger partial charge in [-0.2, -0.15) is 0 Å². The van der Waals surface area contributed by atoms with E-state index in [-0.39, 0.29) is 66.0 Å². The molecule has 503 valence electrons. The minimum atomic E-state index is -1.37. The van der Waals surface area contributed by atoms with Crippen molar-refractivity contribution in [3.63, 3.8) is 0 Å². The quantitative estimate of drug-likeness (QED) is 0.0533. The Morgan fingerprint density at radius 1 is 0.262 bits per heavy atom. The van der Waals surface area contributed by atoms with Gasteiger partial charge in [-0.3, -0.25) is 0 Å². The second-order valence-electron chi connectivity index (χ2n) is 28.2. The van der Waals surface area contributed by atoms with Crippen molar-refractivity contribution < 1.29 is 0 Å². The zero-order valence-corrected chi connectivity index (χ0v) is 70.1. The van der Waals surface area contributed by atoms with Crippen LogP contribution < -0.4 is 32.8 Å². The summed E-state index contributed by atoms with van der Waals surface area (Å²) < 4.78 is 0. The van der Waals surface area contributed by atoms with Crippen LogP contribution in [0.1, 0.15) is 121 Å². The van der Waals surface area contributed by atoms with Gasteiger partial charge in [0.25, 0.3) is 0 Å². The Morgan fingerprint density at radius 2 is 0.664 bits per heavy atom. The highest BCUT2D eigenvalue weighted by molar-refractivity contribution is 7.89. The molecule has 0 unspecified atom stereocenters. The van der Waals surface area contributed by atoms with E-state index in [1.165, 1.54) is 21.3 Å². The molecule has 0 spiro atoms. The van der Waals surface area contributed by atoms with Crippen molar-refractivity contribution in [2.75, 3.05) is 0 Å². The summed E-state index contributed by atoms with van der Waals surface area (Å²) >= 11 is 0. The highest BCUT2D eigenvalue weighted by atomic mass is 14.3. The molecule has 0 N–H and O–H groups in total. The van der Waals surface area contributed by atoms with Gasteiger partial charge in [-0.05, 0) is 349 Å². The summed E-state index contributed by atoms with van der Waals surface area (Å²) in [6.07, 6.45) is 22.0. The molecular formula is C93H44B29. The second-order valence-corrected chi connectivity index (χ2v) is 28.2. The molecule has 0 atom stereocenters. The number of hydrogen-bond donors (Lipinski definition) is 0. The Bertz CT molecular complexity index is 7300. The van der Waals surface area contributed by atoms with Gasteiger partial charge in [-0.1, -0.05) is 81.1 Å². The topological polar surface area (TPSA) is 0 Å². The van der Waals surface area contributed by atoms with E-state index >= 15 is 0 Å². The predicted octanol–water partition coefficient (Wildman–Crippen LogP) is -1.06. The highest BCUT2D eigenvalue weighted by Crippen LogP contribution is 2.54. The molecule has 0 aliphatic carbocycles. The Balaban J connectivity index is 2.09. The van der Waals surface area contributed by atoms with Crippen LogP contribution in [0.2, 0.25) is 0 Å². The molecule has 8 aromatic rings. The lowest BCUT2D eigenvalue weighted by atomic mass is 8.66. The summed E-state index contributed by atoms with van der Waals surface area (Å²) in [5.41, 5.74) is 13.1. The molecule has 0 aromatic heterocycles. The molecular weight excluding hydrogens is 1430 g/mol. The SMILES string of the molecule is [B][B]B([B])B(B([B])[B])c1c(B(B([B])[B])B([B])[B])c(B([B][B])B([B])[B])c(B([B])B([B])[B])c2c(C)c(-c3c4c(C)c(C)c(C)c(C)c4c(C)c4c(-c5c(C#CC#CC#CC#CC#C)c6c(C)c(C#C)c(C#CC)c(C#CC#C)c6c6c(C#CC#CC)c(C#CC#CC#C)c(C#CC#CC#CC)c(C#CC#CC#CC#C)c56)c(C)c(C)c(C)c34)c([B][B])c([B])c12. The molecule has 0 amide bonds. The number of hydrogen-bond acceptors (Lipinski definition) is 0. The van der Waals surface area contributed by atoms with Crippen LogP contribution in [0.25, 0.3) is 76.1 Å². The summed E-state index contributed by atoms with van der Waals surface area (Å²) in [5, 5.41) is 5.01. The molecule has 0 saturated heterocycles. The first kappa shape index (κ1) is 95.2. The van der Waals surface area contributed by atoms with Crippen LogP contribution in [0.4, 0.5) is 0 Å². The van der Waals surface area contributed by atoms with E-state index in [0.29, 0.717) is 87.8 Å². The smallest absolute Gasteiger partial charge is 0.113 e.